The smallest absolute Gasteiger partial charge is 0.0319 e. The van der Waals surface area contributed by atoms with E-state index in [4.69, 9.17) is 0 Å². The molecule has 0 atom stereocenters. The molecule has 1 N–H and O–H groups in total. The first-order valence-electron chi connectivity index (χ1n) is 13.3. The molecule has 0 heterocycles. The molecule has 0 aliphatic carbocycles. The van der Waals surface area contributed by atoms with E-state index < -0.39 is 0 Å². The van der Waals surface area contributed by atoms with Crippen LogP contribution in [0, 0.1) is 28.1 Å². The largest absolute Gasteiger partial charge is 0.384 e. The summed E-state index contributed by atoms with van der Waals surface area (Å²) in [6.45, 7) is 33.1. The molecule has 1 heteroatoms. The van der Waals surface area contributed by atoms with E-state index in [0.29, 0.717) is 16.2 Å². The first-order chi connectivity index (χ1) is 13.8. The predicted molar refractivity (Wildman–Crippen MR) is 144 cm³/mol. The number of allylic oxidation sites excluding steroid dienone is 1. The Kier molecular flexibility index (Phi) is 12.5. The standard InChI is InChI=1S/C30H61N/c1-24(2)16-14-18-27(6,7)19-15-20-28(8,9)21-17-26(5)31-30(12,13)23-29(10,11)22-25(3)4/h24-25,31H,5,14-23H2,1-4,6-13H3. The molecule has 0 bridgehead atoms. The predicted octanol–water partition coefficient (Wildman–Crippen LogP) is 10.2. The second-order valence-electron chi connectivity index (χ2n) is 14.5. The zero-order chi connectivity index (χ0) is 24.5. The van der Waals surface area contributed by atoms with Crippen LogP contribution in [0.4, 0.5) is 0 Å². The van der Waals surface area contributed by atoms with Crippen LogP contribution in [0.5, 0.6) is 0 Å². The Morgan fingerprint density at radius 2 is 1.16 bits per heavy atom. The highest BCUT2D eigenvalue weighted by molar-refractivity contribution is 5.00. The van der Waals surface area contributed by atoms with E-state index in [1.165, 1.54) is 63.5 Å². The number of hydrogen-bond acceptors (Lipinski definition) is 1. The average molecular weight is 436 g/mol. The van der Waals surface area contributed by atoms with Crippen LogP contribution >= 0.6 is 0 Å². The normalized spacial score (nSPS) is 13.9. The maximum Gasteiger partial charge on any atom is 0.0319 e. The second-order valence-corrected chi connectivity index (χ2v) is 14.5. The van der Waals surface area contributed by atoms with Crippen molar-refractivity contribution < 1.29 is 0 Å². The third kappa shape index (κ3) is 16.8. The van der Waals surface area contributed by atoms with E-state index in [0.717, 1.165) is 18.3 Å². The van der Waals surface area contributed by atoms with Gasteiger partial charge in [-0.15, -0.1) is 0 Å². The highest BCUT2D eigenvalue weighted by Gasteiger charge is 2.30. The highest BCUT2D eigenvalue weighted by atomic mass is 15.0. The van der Waals surface area contributed by atoms with Crippen molar-refractivity contribution in [2.75, 3.05) is 0 Å². The fourth-order valence-corrected chi connectivity index (χ4v) is 5.73. The molecule has 0 aromatic heterocycles. The molecule has 0 aliphatic rings. The lowest BCUT2D eigenvalue weighted by Crippen LogP contribution is -2.42. The Morgan fingerprint density at radius 3 is 1.65 bits per heavy atom. The van der Waals surface area contributed by atoms with Crippen LogP contribution in [0.15, 0.2) is 12.3 Å². The Labute approximate surface area is 198 Å². The third-order valence-electron chi connectivity index (χ3n) is 6.84. The SMILES string of the molecule is C=C(CCC(C)(C)CCCC(C)(C)CCCC(C)C)NC(C)(C)CC(C)(C)CC(C)C. The van der Waals surface area contributed by atoms with E-state index in [2.05, 4.69) is 95.0 Å². The zero-order valence-corrected chi connectivity index (χ0v) is 23.9. The Bertz CT molecular complexity index is 505. The molecule has 0 aromatic rings. The summed E-state index contributed by atoms with van der Waals surface area (Å²) in [6.07, 6.45) is 12.9. The van der Waals surface area contributed by atoms with Gasteiger partial charge in [-0.1, -0.05) is 95.1 Å². The van der Waals surface area contributed by atoms with Crippen molar-refractivity contribution in [3.05, 3.63) is 12.3 Å². The van der Waals surface area contributed by atoms with Crippen molar-refractivity contribution in [2.45, 2.75) is 153 Å². The Balaban J connectivity index is 4.40. The van der Waals surface area contributed by atoms with Gasteiger partial charge in [0.25, 0.3) is 0 Å². The molecule has 0 amide bonds. The lowest BCUT2D eigenvalue weighted by atomic mass is 9.74. The summed E-state index contributed by atoms with van der Waals surface area (Å²) in [4.78, 5) is 0. The van der Waals surface area contributed by atoms with E-state index in [-0.39, 0.29) is 5.54 Å². The van der Waals surface area contributed by atoms with Crippen LogP contribution in [-0.4, -0.2) is 5.54 Å². The maximum absolute atomic E-state index is 4.39. The van der Waals surface area contributed by atoms with Gasteiger partial charge in [-0.25, -0.2) is 0 Å². The van der Waals surface area contributed by atoms with Gasteiger partial charge >= 0.3 is 0 Å². The lowest BCUT2D eigenvalue weighted by molar-refractivity contribution is 0.194. The van der Waals surface area contributed by atoms with Gasteiger partial charge in [0.05, 0.1) is 0 Å². The number of rotatable bonds is 17. The van der Waals surface area contributed by atoms with E-state index in [9.17, 15) is 0 Å². The van der Waals surface area contributed by atoms with Crippen molar-refractivity contribution in [1.29, 1.82) is 0 Å². The summed E-state index contributed by atoms with van der Waals surface area (Å²) >= 11 is 0. The number of hydrogen-bond donors (Lipinski definition) is 1. The van der Waals surface area contributed by atoms with Gasteiger partial charge in [0, 0.05) is 11.2 Å². The summed E-state index contributed by atoms with van der Waals surface area (Å²) in [5.41, 5.74) is 2.54. The first-order valence-corrected chi connectivity index (χ1v) is 13.3. The van der Waals surface area contributed by atoms with Gasteiger partial charge in [-0.05, 0) is 86.9 Å². The van der Waals surface area contributed by atoms with Crippen LogP contribution in [0.3, 0.4) is 0 Å². The van der Waals surface area contributed by atoms with E-state index in [1.54, 1.807) is 0 Å². The minimum absolute atomic E-state index is 0.0969. The fraction of sp³-hybridized carbons (Fsp3) is 0.933. The molecule has 0 unspecified atom stereocenters. The minimum Gasteiger partial charge on any atom is -0.384 e. The van der Waals surface area contributed by atoms with Gasteiger partial charge < -0.3 is 5.32 Å². The molecular weight excluding hydrogens is 374 g/mol. The molecule has 0 radical (unpaired) electrons. The topological polar surface area (TPSA) is 12.0 Å². The number of nitrogens with one attached hydrogen (secondary N) is 1. The molecular formula is C30H61N. The van der Waals surface area contributed by atoms with Crippen molar-refractivity contribution in [2.24, 2.45) is 28.1 Å². The molecule has 0 aliphatic heterocycles. The van der Waals surface area contributed by atoms with Gasteiger partial charge in [-0.3, -0.25) is 0 Å². The Morgan fingerprint density at radius 1 is 0.677 bits per heavy atom. The molecule has 0 saturated heterocycles. The van der Waals surface area contributed by atoms with Crippen LogP contribution in [0.2, 0.25) is 0 Å². The van der Waals surface area contributed by atoms with Gasteiger partial charge in [0.2, 0.25) is 0 Å². The molecule has 0 rings (SSSR count). The summed E-state index contributed by atoms with van der Waals surface area (Å²) in [5.74, 6) is 1.58. The van der Waals surface area contributed by atoms with Crippen molar-refractivity contribution in [1.82, 2.24) is 5.32 Å². The summed E-state index contributed by atoms with van der Waals surface area (Å²) < 4.78 is 0. The molecule has 31 heavy (non-hydrogen) atoms. The van der Waals surface area contributed by atoms with E-state index >= 15 is 0 Å². The minimum atomic E-state index is 0.0969. The van der Waals surface area contributed by atoms with Gasteiger partial charge in [0.1, 0.15) is 0 Å². The summed E-state index contributed by atoms with van der Waals surface area (Å²) in [5, 5.41) is 3.78. The molecule has 0 aromatic carbocycles. The van der Waals surface area contributed by atoms with E-state index in [1.807, 2.05) is 0 Å². The molecule has 0 fully saturated rings. The summed E-state index contributed by atoms with van der Waals surface area (Å²) in [6, 6.07) is 0. The van der Waals surface area contributed by atoms with Crippen molar-refractivity contribution >= 4 is 0 Å². The zero-order valence-electron chi connectivity index (χ0n) is 23.9. The third-order valence-corrected chi connectivity index (χ3v) is 6.84. The molecule has 186 valence electrons. The first kappa shape index (κ1) is 30.5. The van der Waals surface area contributed by atoms with Gasteiger partial charge in [0.15, 0.2) is 0 Å². The molecule has 0 saturated carbocycles. The van der Waals surface area contributed by atoms with Crippen LogP contribution in [0.1, 0.15) is 147 Å². The quantitative estimate of drug-likeness (QED) is 0.239. The molecule has 0 spiro atoms. The van der Waals surface area contributed by atoms with Crippen molar-refractivity contribution in [3.8, 4) is 0 Å². The van der Waals surface area contributed by atoms with Crippen LogP contribution in [-0.2, 0) is 0 Å². The van der Waals surface area contributed by atoms with Crippen LogP contribution in [0.25, 0.3) is 0 Å². The monoisotopic (exact) mass is 435 g/mol. The fourth-order valence-electron chi connectivity index (χ4n) is 5.73. The second kappa shape index (κ2) is 12.7. The molecule has 1 nitrogen and oxygen atoms in total. The lowest BCUT2D eigenvalue weighted by Gasteiger charge is -2.38. The Hall–Kier alpha value is -0.460. The van der Waals surface area contributed by atoms with Crippen LogP contribution < -0.4 is 5.32 Å². The maximum atomic E-state index is 4.39. The average Bonchev–Trinajstić information content (AvgIpc) is 2.48. The highest BCUT2D eigenvalue weighted by Crippen LogP contribution is 2.37. The summed E-state index contributed by atoms with van der Waals surface area (Å²) in [7, 11) is 0. The van der Waals surface area contributed by atoms with Crippen molar-refractivity contribution in [3.63, 3.8) is 0 Å². The van der Waals surface area contributed by atoms with Gasteiger partial charge in [-0.2, -0.15) is 0 Å².